The molecule has 0 atom stereocenters. The van der Waals surface area contributed by atoms with Crippen LogP contribution in [0.2, 0.25) is 0 Å². The monoisotopic (exact) mass is 192 g/mol. The molecule has 0 aliphatic carbocycles. The summed E-state index contributed by atoms with van der Waals surface area (Å²) in [5, 5.41) is 0. The van der Waals surface area contributed by atoms with Gasteiger partial charge in [-0.2, -0.15) is 0 Å². The molecule has 0 bridgehead atoms. The van der Waals surface area contributed by atoms with Crippen molar-refractivity contribution in [2.24, 2.45) is 0 Å². The van der Waals surface area contributed by atoms with E-state index >= 15 is 0 Å². The standard InChI is InChI=1S/C7H7ClF2N2/c8-3-5-1-4(7(9)10)2-6(11)12-5/h1-2,7H,3H2,(H2,11,12). The lowest BCUT2D eigenvalue weighted by atomic mass is 10.2. The molecule has 5 heteroatoms. The predicted octanol–water partition coefficient (Wildman–Crippen LogP) is 2.34. The molecule has 0 spiro atoms. The Kier molecular flexibility index (Phi) is 2.81. The summed E-state index contributed by atoms with van der Waals surface area (Å²) >= 11 is 5.41. The number of nitrogen functional groups attached to an aromatic ring is 1. The number of pyridine rings is 1. The highest BCUT2D eigenvalue weighted by Crippen LogP contribution is 2.21. The summed E-state index contributed by atoms with van der Waals surface area (Å²) in [6.45, 7) is 0. The van der Waals surface area contributed by atoms with Crippen LogP contribution in [-0.2, 0) is 5.88 Å². The summed E-state index contributed by atoms with van der Waals surface area (Å²) in [6, 6.07) is 2.38. The van der Waals surface area contributed by atoms with Crippen molar-refractivity contribution < 1.29 is 8.78 Å². The first-order valence-corrected chi connectivity index (χ1v) is 3.77. The molecule has 1 aromatic rings. The van der Waals surface area contributed by atoms with E-state index in [9.17, 15) is 8.78 Å². The molecule has 66 valence electrons. The van der Waals surface area contributed by atoms with Gasteiger partial charge in [0.05, 0.1) is 11.6 Å². The maximum atomic E-state index is 12.1. The summed E-state index contributed by atoms with van der Waals surface area (Å²) in [7, 11) is 0. The van der Waals surface area contributed by atoms with Gasteiger partial charge < -0.3 is 5.73 Å². The van der Waals surface area contributed by atoms with Crippen LogP contribution in [0.25, 0.3) is 0 Å². The Morgan fingerprint density at radius 1 is 1.50 bits per heavy atom. The topological polar surface area (TPSA) is 38.9 Å². The van der Waals surface area contributed by atoms with Gasteiger partial charge in [0.15, 0.2) is 0 Å². The number of nitrogens with two attached hydrogens (primary N) is 1. The molecule has 1 aromatic heterocycles. The minimum absolute atomic E-state index is 0.0726. The first kappa shape index (κ1) is 9.19. The molecule has 0 aliphatic rings. The van der Waals surface area contributed by atoms with E-state index < -0.39 is 6.43 Å². The number of halogens is 3. The van der Waals surface area contributed by atoms with Crippen molar-refractivity contribution in [1.82, 2.24) is 4.98 Å². The highest BCUT2D eigenvalue weighted by molar-refractivity contribution is 6.16. The first-order chi connectivity index (χ1) is 5.63. The average molecular weight is 193 g/mol. The van der Waals surface area contributed by atoms with Crippen LogP contribution in [0.15, 0.2) is 12.1 Å². The summed E-state index contributed by atoms with van der Waals surface area (Å²) in [4.78, 5) is 3.75. The molecular formula is C7H7ClF2N2. The number of hydrogen-bond donors (Lipinski definition) is 1. The predicted molar refractivity (Wildman–Crippen MR) is 43.2 cm³/mol. The van der Waals surface area contributed by atoms with Gasteiger partial charge in [-0.1, -0.05) is 0 Å². The van der Waals surface area contributed by atoms with Crippen LogP contribution in [0.1, 0.15) is 17.7 Å². The molecular weight excluding hydrogens is 186 g/mol. The molecule has 0 saturated carbocycles. The second kappa shape index (κ2) is 3.67. The van der Waals surface area contributed by atoms with Crippen molar-refractivity contribution in [1.29, 1.82) is 0 Å². The fourth-order valence-corrected chi connectivity index (χ4v) is 0.967. The number of nitrogens with zero attached hydrogens (tertiary/aromatic N) is 1. The third kappa shape index (κ3) is 2.04. The van der Waals surface area contributed by atoms with E-state index in [-0.39, 0.29) is 17.3 Å². The molecule has 0 saturated heterocycles. The Morgan fingerprint density at radius 3 is 2.67 bits per heavy atom. The molecule has 0 unspecified atom stereocenters. The zero-order chi connectivity index (χ0) is 9.14. The quantitative estimate of drug-likeness (QED) is 0.731. The molecule has 0 aromatic carbocycles. The van der Waals surface area contributed by atoms with Gasteiger partial charge in [-0.25, -0.2) is 13.8 Å². The second-order valence-electron chi connectivity index (χ2n) is 2.25. The van der Waals surface area contributed by atoms with Crippen LogP contribution in [0, 0.1) is 0 Å². The van der Waals surface area contributed by atoms with Gasteiger partial charge in [0.1, 0.15) is 5.82 Å². The average Bonchev–Trinajstić information content (AvgIpc) is 2.03. The number of hydrogen-bond acceptors (Lipinski definition) is 2. The molecule has 12 heavy (non-hydrogen) atoms. The third-order valence-electron chi connectivity index (χ3n) is 1.31. The maximum absolute atomic E-state index is 12.1. The van der Waals surface area contributed by atoms with E-state index in [0.717, 1.165) is 6.07 Å². The zero-order valence-corrected chi connectivity index (χ0v) is 6.85. The van der Waals surface area contributed by atoms with Gasteiger partial charge in [0.2, 0.25) is 0 Å². The molecule has 1 heterocycles. The fraction of sp³-hybridized carbons (Fsp3) is 0.286. The highest BCUT2D eigenvalue weighted by atomic mass is 35.5. The SMILES string of the molecule is Nc1cc(C(F)F)cc(CCl)n1. The van der Waals surface area contributed by atoms with E-state index in [1.165, 1.54) is 6.07 Å². The van der Waals surface area contributed by atoms with Crippen molar-refractivity contribution in [2.45, 2.75) is 12.3 Å². The number of aromatic nitrogens is 1. The van der Waals surface area contributed by atoms with Gasteiger partial charge in [-0.05, 0) is 12.1 Å². The molecule has 1 rings (SSSR count). The Labute approximate surface area is 73.4 Å². The van der Waals surface area contributed by atoms with Crippen molar-refractivity contribution in [3.8, 4) is 0 Å². The van der Waals surface area contributed by atoms with E-state index in [0.29, 0.717) is 5.69 Å². The van der Waals surface area contributed by atoms with Crippen LogP contribution in [0.3, 0.4) is 0 Å². The fourth-order valence-electron chi connectivity index (χ4n) is 0.830. The highest BCUT2D eigenvalue weighted by Gasteiger charge is 2.09. The number of alkyl halides is 3. The van der Waals surface area contributed by atoms with Gasteiger partial charge >= 0.3 is 0 Å². The minimum Gasteiger partial charge on any atom is -0.384 e. The summed E-state index contributed by atoms with van der Waals surface area (Å²) < 4.78 is 24.3. The minimum atomic E-state index is -2.53. The van der Waals surface area contributed by atoms with Crippen LogP contribution in [0.5, 0.6) is 0 Å². The Morgan fingerprint density at radius 2 is 2.17 bits per heavy atom. The largest absolute Gasteiger partial charge is 0.384 e. The van der Waals surface area contributed by atoms with Crippen molar-refractivity contribution in [2.75, 3.05) is 5.73 Å². The summed E-state index contributed by atoms with van der Waals surface area (Å²) in [5.74, 6) is 0.161. The molecule has 0 fully saturated rings. The summed E-state index contributed by atoms with van der Waals surface area (Å²) in [5.41, 5.74) is 5.50. The van der Waals surface area contributed by atoms with E-state index in [1.54, 1.807) is 0 Å². The Balaban J connectivity index is 3.06. The van der Waals surface area contributed by atoms with Gasteiger partial charge in [0.25, 0.3) is 6.43 Å². The van der Waals surface area contributed by atoms with Crippen LogP contribution in [0.4, 0.5) is 14.6 Å². The van der Waals surface area contributed by atoms with Crippen LogP contribution >= 0.6 is 11.6 Å². The van der Waals surface area contributed by atoms with Gasteiger partial charge in [0, 0.05) is 5.56 Å². The van der Waals surface area contributed by atoms with Crippen molar-refractivity contribution in [3.63, 3.8) is 0 Å². The zero-order valence-electron chi connectivity index (χ0n) is 6.10. The number of anilines is 1. The van der Waals surface area contributed by atoms with Crippen LogP contribution < -0.4 is 5.73 Å². The second-order valence-corrected chi connectivity index (χ2v) is 2.52. The molecule has 0 amide bonds. The van der Waals surface area contributed by atoms with E-state index in [4.69, 9.17) is 17.3 Å². The smallest absolute Gasteiger partial charge is 0.264 e. The number of rotatable bonds is 2. The van der Waals surface area contributed by atoms with Crippen molar-refractivity contribution in [3.05, 3.63) is 23.4 Å². The van der Waals surface area contributed by atoms with Gasteiger partial charge in [-0.15, -0.1) is 11.6 Å². The Hall–Kier alpha value is -0.900. The normalized spacial score (nSPS) is 10.7. The Bertz CT molecular complexity index is 278. The molecule has 2 nitrogen and oxygen atoms in total. The third-order valence-corrected chi connectivity index (χ3v) is 1.58. The lowest BCUT2D eigenvalue weighted by Crippen LogP contribution is -1.97. The van der Waals surface area contributed by atoms with E-state index in [1.807, 2.05) is 0 Å². The molecule has 0 radical (unpaired) electrons. The van der Waals surface area contributed by atoms with E-state index in [2.05, 4.69) is 4.98 Å². The molecule has 0 aliphatic heterocycles. The van der Waals surface area contributed by atoms with Gasteiger partial charge in [-0.3, -0.25) is 0 Å². The van der Waals surface area contributed by atoms with Crippen LogP contribution in [-0.4, -0.2) is 4.98 Å². The molecule has 2 N–H and O–H groups in total. The lowest BCUT2D eigenvalue weighted by Gasteiger charge is -2.02. The lowest BCUT2D eigenvalue weighted by molar-refractivity contribution is 0.151. The first-order valence-electron chi connectivity index (χ1n) is 3.24. The maximum Gasteiger partial charge on any atom is 0.264 e. The summed E-state index contributed by atoms with van der Waals surface area (Å²) in [6.07, 6.45) is -2.53. The van der Waals surface area contributed by atoms with Crippen molar-refractivity contribution >= 4 is 17.4 Å².